The molecule has 2 aromatic rings. The van der Waals surface area contributed by atoms with Crippen LogP contribution in [0.25, 0.3) is 11.1 Å². The van der Waals surface area contributed by atoms with Crippen LogP contribution in [0.5, 0.6) is 0 Å². The molecule has 198 valence electrons. The molecule has 6 heteroatoms. The Labute approximate surface area is 218 Å². The van der Waals surface area contributed by atoms with Gasteiger partial charge in [-0.1, -0.05) is 71.6 Å². The van der Waals surface area contributed by atoms with Crippen LogP contribution in [-0.2, 0) is 13.1 Å². The van der Waals surface area contributed by atoms with Crippen molar-refractivity contribution in [1.29, 1.82) is 0 Å². The number of hydrogen-bond donors (Lipinski definition) is 2. The number of pyridine rings is 2. The number of nitrogens with one attached hydrogen (secondary N) is 1. The third kappa shape index (κ3) is 12.8. The molecule has 2 heterocycles. The topological polar surface area (TPSA) is 77.4 Å². The molecule has 0 saturated heterocycles. The molecule has 0 amide bonds. The zero-order valence-electron chi connectivity index (χ0n) is 22.6. The fourth-order valence-corrected chi connectivity index (χ4v) is 4.18. The number of rotatable bonds is 19. The summed E-state index contributed by atoms with van der Waals surface area (Å²) in [5.41, 5.74) is 2.18. The number of aliphatic hydroxyl groups is 1. The van der Waals surface area contributed by atoms with Gasteiger partial charge >= 0.3 is 5.90 Å². The lowest BCUT2D eigenvalue weighted by Gasteiger charge is -2.07. The molecule has 0 aliphatic carbocycles. The van der Waals surface area contributed by atoms with Crippen molar-refractivity contribution in [3.8, 4) is 11.1 Å². The van der Waals surface area contributed by atoms with E-state index in [1.54, 1.807) is 0 Å². The van der Waals surface area contributed by atoms with Crippen molar-refractivity contribution < 1.29 is 24.3 Å². The van der Waals surface area contributed by atoms with Gasteiger partial charge in [-0.2, -0.15) is 4.57 Å². The minimum atomic E-state index is -0.0665. The molecule has 36 heavy (non-hydrogen) atoms. The van der Waals surface area contributed by atoms with Crippen molar-refractivity contribution in [1.82, 2.24) is 0 Å². The standard InChI is InChI=1S/C30H46N4O2/c1-3-5-7-9-11-13-19-31-29(35)25-33-21-15-27(16-22-33)28-17-23-34(24-18-28)26-30(36)32-20-14-12-10-8-6-4-2/h15-18,21-24H,3-14,19-20,25-26H2,1-2H3/p+2. The van der Waals surface area contributed by atoms with Gasteiger partial charge < -0.3 is 10.2 Å². The first-order valence-corrected chi connectivity index (χ1v) is 14.1. The molecular weight excluding hydrogens is 448 g/mol. The average molecular weight is 497 g/mol. The van der Waals surface area contributed by atoms with Crippen molar-refractivity contribution in [2.24, 2.45) is 4.99 Å². The highest BCUT2D eigenvalue weighted by Gasteiger charge is 2.11. The van der Waals surface area contributed by atoms with Crippen LogP contribution in [0.15, 0.2) is 54.0 Å². The number of aliphatic hydroxyl groups excluding tert-OH is 1. The van der Waals surface area contributed by atoms with E-state index >= 15 is 0 Å². The van der Waals surface area contributed by atoms with E-state index in [1.807, 2.05) is 58.2 Å². The van der Waals surface area contributed by atoms with Gasteiger partial charge in [0.25, 0.3) is 6.54 Å². The largest absolute Gasteiger partial charge is 0.858 e. The van der Waals surface area contributed by atoms with E-state index in [-0.39, 0.29) is 12.4 Å². The summed E-state index contributed by atoms with van der Waals surface area (Å²) in [6.45, 7) is 6.62. The molecule has 2 rings (SSSR count). The fraction of sp³-hybridized carbons (Fsp3) is 0.600. The van der Waals surface area contributed by atoms with Gasteiger partial charge in [-0.3, -0.25) is 4.99 Å². The van der Waals surface area contributed by atoms with Crippen LogP contribution in [0.1, 0.15) is 90.9 Å². The molecule has 0 unspecified atom stereocenters. The summed E-state index contributed by atoms with van der Waals surface area (Å²) in [6, 6.07) is 8.13. The van der Waals surface area contributed by atoms with E-state index in [4.69, 9.17) is 0 Å². The summed E-state index contributed by atoms with van der Waals surface area (Å²) in [7, 11) is 0. The SMILES string of the molecule is CCCCCCCCN=C([O-])C[n+]1ccc(-c2cc[n+](CC(O)=[NH+]CCCCCCCC)cc2)cc1. The number of nitrogens with zero attached hydrogens (tertiary/aromatic N) is 3. The van der Waals surface area contributed by atoms with Crippen molar-refractivity contribution in [3.05, 3.63) is 49.1 Å². The highest BCUT2D eigenvalue weighted by Crippen LogP contribution is 2.15. The second-order valence-corrected chi connectivity index (χ2v) is 9.70. The first-order chi connectivity index (χ1) is 17.6. The lowest BCUT2D eigenvalue weighted by Crippen LogP contribution is -2.75. The van der Waals surface area contributed by atoms with Gasteiger partial charge in [-0.25, -0.2) is 9.56 Å². The molecule has 0 aliphatic heterocycles. The Balaban J connectivity index is 1.74. The molecule has 0 radical (unpaired) electrons. The Hall–Kier alpha value is -2.76. The van der Waals surface area contributed by atoms with Crippen LogP contribution < -0.4 is 19.2 Å². The minimum absolute atomic E-state index is 0.0665. The highest BCUT2D eigenvalue weighted by molar-refractivity contribution is 5.69. The second-order valence-electron chi connectivity index (χ2n) is 9.70. The molecule has 0 atom stereocenters. The van der Waals surface area contributed by atoms with Gasteiger partial charge in [-0.05, 0) is 24.0 Å². The first kappa shape index (κ1) is 29.5. The summed E-state index contributed by atoms with van der Waals surface area (Å²) in [6.07, 6.45) is 22.5. The molecule has 0 bridgehead atoms. The van der Waals surface area contributed by atoms with Crippen molar-refractivity contribution in [3.63, 3.8) is 0 Å². The van der Waals surface area contributed by atoms with Gasteiger partial charge in [-0.15, -0.1) is 0 Å². The van der Waals surface area contributed by atoms with Crippen LogP contribution in [0.3, 0.4) is 0 Å². The fourth-order valence-electron chi connectivity index (χ4n) is 4.18. The Kier molecular flexibility index (Phi) is 15.1. The van der Waals surface area contributed by atoms with Gasteiger partial charge in [0.2, 0.25) is 0 Å². The summed E-state index contributed by atoms with van der Waals surface area (Å²) < 4.78 is 3.84. The van der Waals surface area contributed by atoms with E-state index in [9.17, 15) is 10.2 Å². The third-order valence-electron chi connectivity index (χ3n) is 6.42. The van der Waals surface area contributed by atoms with Gasteiger partial charge in [0.15, 0.2) is 31.3 Å². The molecule has 0 fully saturated rings. The molecule has 0 aliphatic rings. The van der Waals surface area contributed by atoms with Gasteiger partial charge in [0.05, 0.1) is 0 Å². The molecule has 0 aromatic carbocycles. The molecule has 0 spiro atoms. The van der Waals surface area contributed by atoms with Crippen molar-refractivity contribution >= 4 is 11.8 Å². The molecule has 2 N–H and O–H groups in total. The normalized spacial score (nSPS) is 12.3. The number of unbranched alkanes of at least 4 members (excludes halogenated alkanes) is 10. The summed E-state index contributed by atoms with van der Waals surface area (Å²) in [5.74, 6) is 0.233. The Morgan fingerprint density at radius 1 is 0.722 bits per heavy atom. The summed E-state index contributed by atoms with van der Waals surface area (Å²) >= 11 is 0. The number of aliphatic imine (C=N–C) groups is 1. The second kappa shape index (κ2) is 18.5. The highest BCUT2D eigenvalue weighted by atomic mass is 16.3. The Morgan fingerprint density at radius 2 is 1.19 bits per heavy atom. The molecule has 2 aromatic heterocycles. The van der Waals surface area contributed by atoms with E-state index in [2.05, 4.69) is 23.8 Å². The maximum Gasteiger partial charge on any atom is 0.400 e. The predicted octanol–water partition coefficient (Wildman–Crippen LogP) is 3.45. The first-order valence-electron chi connectivity index (χ1n) is 14.1. The Morgan fingerprint density at radius 3 is 1.75 bits per heavy atom. The van der Waals surface area contributed by atoms with E-state index in [1.165, 1.54) is 57.8 Å². The van der Waals surface area contributed by atoms with Crippen LogP contribution in [0, 0.1) is 0 Å². The van der Waals surface area contributed by atoms with Crippen LogP contribution in [-0.4, -0.2) is 30.0 Å². The molecule has 6 nitrogen and oxygen atoms in total. The predicted molar refractivity (Wildman–Crippen MR) is 145 cm³/mol. The van der Waals surface area contributed by atoms with Crippen molar-refractivity contribution in [2.45, 2.75) is 104 Å². The lowest BCUT2D eigenvalue weighted by atomic mass is 10.1. The van der Waals surface area contributed by atoms with Crippen LogP contribution in [0.4, 0.5) is 0 Å². The van der Waals surface area contributed by atoms with Crippen LogP contribution in [0.2, 0.25) is 0 Å². The minimum Gasteiger partial charge on any atom is -0.858 e. The summed E-state index contributed by atoms with van der Waals surface area (Å²) in [4.78, 5) is 7.33. The van der Waals surface area contributed by atoms with E-state index < -0.39 is 0 Å². The molecule has 0 saturated carbocycles. The quantitative estimate of drug-likeness (QED) is 0.135. The van der Waals surface area contributed by atoms with Gasteiger partial charge in [0.1, 0.15) is 6.54 Å². The smallest absolute Gasteiger partial charge is 0.400 e. The monoisotopic (exact) mass is 496 g/mol. The van der Waals surface area contributed by atoms with Crippen molar-refractivity contribution in [2.75, 3.05) is 13.1 Å². The zero-order chi connectivity index (χ0) is 25.8. The van der Waals surface area contributed by atoms with E-state index in [0.29, 0.717) is 19.0 Å². The third-order valence-corrected chi connectivity index (χ3v) is 6.42. The number of hydrogen-bond acceptors (Lipinski definition) is 2. The number of aromatic nitrogens is 2. The zero-order valence-corrected chi connectivity index (χ0v) is 22.6. The Bertz CT molecular complexity index is 817. The maximum absolute atomic E-state index is 12.1. The van der Waals surface area contributed by atoms with Gasteiger partial charge in [0, 0.05) is 43.1 Å². The lowest BCUT2D eigenvalue weighted by molar-refractivity contribution is -0.689. The maximum atomic E-state index is 12.1. The average Bonchev–Trinajstić information content (AvgIpc) is 2.88. The van der Waals surface area contributed by atoms with E-state index in [0.717, 1.165) is 36.9 Å². The van der Waals surface area contributed by atoms with Crippen LogP contribution >= 0.6 is 0 Å². The summed E-state index contributed by atoms with van der Waals surface area (Å²) in [5, 5.41) is 22.3. The molecular formula is C30H48N4O2+2.